The Morgan fingerprint density at radius 1 is 1.06 bits per heavy atom. The number of rotatable bonds is 9. The standard InChI is InChI=1S/C24H23BrClNO4/c1-3-30-22-11-18(13-27-21-9-8-16(24(28)29)10-15(21)2)19(25)12-23(22)31-14-17-6-4-5-7-20(17)26/h4-12,27H,3,13-14H2,1-2H3,(H,28,29). The van der Waals surface area contributed by atoms with Crippen molar-refractivity contribution >= 4 is 39.2 Å². The zero-order valence-corrected chi connectivity index (χ0v) is 19.6. The molecule has 7 heteroatoms. The number of carboxylic acids is 1. The van der Waals surface area contributed by atoms with Gasteiger partial charge in [-0.05, 0) is 61.4 Å². The third-order valence-corrected chi connectivity index (χ3v) is 5.80. The molecule has 0 saturated heterocycles. The van der Waals surface area contributed by atoms with Gasteiger partial charge in [-0.1, -0.05) is 45.7 Å². The Kier molecular flexibility index (Phi) is 7.82. The predicted octanol–water partition coefficient (Wildman–Crippen LogP) is 6.70. The Bertz CT molecular complexity index is 1090. The van der Waals surface area contributed by atoms with Crippen LogP contribution in [0, 0.1) is 6.92 Å². The van der Waals surface area contributed by atoms with Gasteiger partial charge in [0.25, 0.3) is 0 Å². The number of ether oxygens (including phenoxy) is 2. The Hall–Kier alpha value is -2.70. The van der Waals surface area contributed by atoms with Crippen molar-refractivity contribution in [2.24, 2.45) is 0 Å². The third-order valence-electron chi connectivity index (χ3n) is 4.70. The van der Waals surface area contributed by atoms with Crippen LogP contribution in [0.3, 0.4) is 0 Å². The van der Waals surface area contributed by atoms with Gasteiger partial charge in [0.1, 0.15) is 6.61 Å². The van der Waals surface area contributed by atoms with Crippen molar-refractivity contribution in [1.29, 1.82) is 0 Å². The van der Waals surface area contributed by atoms with Gasteiger partial charge in [0.15, 0.2) is 11.5 Å². The molecule has 0 aliphatic rings. The first-order valence-corrected chi connectivity index (χ1v) is 11.0. The van der Waals surface area contributed by atoms with Gasteiger partial charge in [-0.15, -0.1) is 0 Å². The van der Waals surface area contributed by atoms with Gasteiger partial charge in [0.05, 0.1) is 12.2 Å². The number of hydrogen-bond donors (Lipinski definition) is 2. The first-order valence-electron chi connectivity index (χ1n) is 9.78. The minimum absolute atomic E-state index is 0.267. The van der Waals surface area contributed by atoms with Gasteiger partial charge in [-0.2, -0.15) is 0 Å². The molecule has 0 aromatic heterocycles. The van der Waals surface area contributed by atoms with Crippen molar-refractivity contribution in [2.75, 3.05) is 11.9 Å². The van der Waals surface area contributed by atoms with Crippen molar-refractivity contribution in [3.05, 3.63) is 86.3 Å². The Labute approximate surface area is 195 Å². The summed E-state index contributed by atoms with van der Waals surface area (Å²) in [6.07, 6.45) is 0. The molecule has 5 nitrogen and oxygen atoms in total. The van der Waals surface area contributed by atoms with Crippen LogP contribution in [0.4, 0.5) is 5.69 Å². The second-order valence-electron chi connectivity index (χ2n) is 6.89. The van der Waals surface area contributed by atoms with Gasteiger partial charge in [0.2, 0.25) is 0 Å². The topological polar surface area (TPSA) is 67.8 Å². The van der Waals surface area contributed by atoms with Gasteiger partial charge in [0, 0.05) is 27.3 Å². The van der Waals surface area contributed by atoms with Crippen LogP contribution in [-0.2, 0) is 13.2 Å². The maximum absolute atomic E-state index is 11.1. The second-order valence-corrected chi connectivity index (χ2v) is 8.15. The maximum Gasteiger partial charge on any atom is 0.335 e. The van der Waals surface area contributed by atoms with E-state index < -0.39 is 5.97 Å². The quantitative estimate of drug-likeness (QED) is 0.339. The number of carbonyl (C=O) groups is 1. The molecule has 31 heavy (non-hydrogen) atoms. The van der Waals surface area contributed by atoms with Crippen molar-refractivity contribution < 1.29 is 19.4 Å². The summed E-state index contributed by atoms with van der Waals surface area (Å²) in [5, 5.41) is 13.1. The molecule has 0 amide bonds. The summed E-state index contributed by atoms with van der Waals surface area (Å²) in [4.78, 5) is 11.1. The Morgan fingerprint density at radius 2 is 1.81 bits per heavy atom. The Balaban J connectivity index is 1.76. The van der Waals surface area contributed by atoms with E-state index >= 15 is 0 Å². The lowest BCUT2D eigenvalue weighted by atomic mass is 10.1. The summed E-state index contributed by atoms with van der Waals surface area (Å²) in [7, 11) is 0. The van der Waals surface area contributed by atoms with Crippen LogP contribution in [0.2, 0.25) is 5.02 Å². The number of aromatic carboxylic acids is 1. The first kappa shape index (κ1) is 23.0. The number of anilines is 1. The van der Waals surface area contributed by atoms with Crippen LogP contribution >= 0.6 is 27.5 Å². The van der Waals surface area contributed by atoms with Crippen molar-refractivity contribution in [1.82, 2.24) is 0 Å². The van der Waals surface area contributed by atoms with E-state index in [-0.39, 0.29) is 5.56 Å². The molecule has 3 aromatic rings. The number of halogens is 2. The molecule has 3 aromatic carbocycles. The smallest absolute Gasteiger partial charge is 0.335 e. The van der Waals surface area contributed by atoms with E-state index in [1.807, 2.05) is 50.2 Å². The number of nitrogens with one attached hydrogen (secondary N) is 1. The maximum atomic E-state index is 11.1. The number of benzene rings is 3. The fraction of sp³-hybridized carbons (Fsp3) is 0.208. The van der Waals surface area contributed by atoms with Crippen molar-refractivity contribution in [2.45, 2.75) is 27.0 Å². The molecule has 0 radical (unpaired) electrons. The van der Waals surface area contributed by atoms with Gasteiger partial charge in [-0.25, -0.2) is 4.79 Å². The number of carboxylic acid groups (broad SMARTS) is 1. The van der Waals surface area contributed by atoms with E-state index in [0.717, 1.165) is 26.9 Å². The summed E-state index contributed by atoms with van der Waals surface area (Å²) in [6, 6.07) is 16.4. The van der Waals surface area contributed by atoms with Crippen LogP contribution in [0.1, 0.15) is 34.0 Å². The minimum atomic E-state index is -0.939. The molecule has 0 bridgehead atoms. The highest BCUT2D eigenvalue weighted by Crippen LogP contribution is 2.35. The molecule has 0 spiro atoms. The molecule has 0 saturated carbocycles. The molecular weight excluding hydrogens is 482 g/mol. The molecular formula is C24H23BrClNO4. The molecule has 3 rings (SSSR count). The average Bonchev–Trinajstić information content (AvgIpc) is 2.74. The highest BCUT2D eigenvalue weighted by Gasteiger charge is 2.13. The number of hydrogen-bond acceptors (Lipinski definition) is 4. The van der Waals surface area contributed by atoms with E-state index in [4.69, 9.17) is 26.2 Å². The summed E-state index contributed by atoms with van der Waals surface area (Å²) in [5.41, 5.74) is 3.88. The molecule has 2 N–H and O–H groups in total. The van der Waals surface area contributed by atoms with E-state index in [9.17, 15) is 4.79 Å². The molecule has 0 aliphatic heterocycles. The fourth-order valence-corrected chi connectivity index (χ4v) is 3.70. The largest absolute Gasteiger partial charge is 0.490 e. The van der Waals surface area contributed by atoms with E-state index in [0.29, 0.717) is 36.3 Å². The van der Waals surface area contributed by atoms with Crippen LogP contribution in [0.25, 0.3) is 0 Å². The SMILES string of the molecule is CCOc1cc(CNc2ccc(C(=O)O)cc2C)c(Br)cc1OCc1ccccc1Cl. The molecule has 0 atom stereocenters. The fourth-order valence-electron chi connectivity index (χ4n) is 3.05. The minimum Gasteiger partial charge on any atom is -0.490 e. The van der Waals surface area contributed by atoms with Crippen LogP contribution < -0.4 is 14.8 Å². The lowest BCUT2D eigenvalue weighted by molar-refractivity contribution is 0.0697. The average molecular weight is 505 g/mol. The monoisotopic (exact) mass is 503 g/mol. The summed E-state index contributed by atoms with van der Waals surface area (Å²) >= 11 is 9.84. The highest BCUT2D eigenvalue weighted by atomic mass is 79.9. The highest BCUT2D eigenvalue weighted by molar-refractivity contribution is 9.10. The number of aryl methyl sites for hydroxylation is 1. The summed E-state index contributed by atoms with van der Waals surface area (Å²) < 4.78 is 12.7. The predicted molar refractivity (Wildman–Crippen MR) is 127 cm³/mol. The first-order chi connectivity index (χ1) is 14.9. The summed E-state index contributed by atoms with van der Waals surface area (Å²) in [5.74, 6) is 0.331. The lowest BCUT2D eigenvalue weighted by Crippen LogP contribution is -2.06. The van der Waals surface area contributed by atoms with Crippen LogP contribution in [-0.4, -0.2) is 17.7 Å². The van der Waals surface area contributed by atoms with Crippen LogP contribution in [0.15, 0.2) is 59.1 Å². The van der Waals surface area contributed by atoms with E-state index in [2.05, 4.69) is 21.2 Å². The summed E-state index contributed by atoms with van der Waals surface area (Å²) in [6.45, 7) is 5.16. The van der Waals surface area contributed by atoms with Crippen LogP contribution in [0.5, 0.6) is 11.5 Å². The molecule has 0 heterocycles. The molecule has 0 fully saturated rings. The zero-order chi connectivity index (χ0) is 22.4. The molecule has 162 valence electrons. The van der Waals surface area contributed by atoms with E-state index in [1.165, 1.54) is 0 Å². The van der Waals surface area contributed by atoms with E-state index in [1.54, 1.807) is 18.2 Å². The van der Waals surface area contributed by atoms with Gasteiger partial charge < -0.3 is 19.9 Å². The molecule has 0 unspecified atom stereocenters. The zero-order valence-electron chi connectivity index (χ0n) is 17.2. The Morgan fingerprint density at radius 3 is 2.48 bits per heavy atom. The van der Waals surface area contributed by atoms with Gasteiger partial charge in [-0.3, -0.25) is 0 Å². The normalized spacial score (nSPS) is 10.6. The van der Waals surface area contributed by atoms with Crippen molar-refractivity contribution in [3.63, 3.8) is 0 Å². The lowest BCUT2D eigenvalue weighted by Gasteiger charge is -2.17. The second kappa shape index (κ2) is 10.6. The molecule has 0 aliphatic carbocycles. The third kappa shape index (κ3) is 5.93. The van der Waals surface area contributed by atoms with Gasteiger partial charge >= 0.3 is 5.97 Å². The van der Waals surface area contributed by atoms with Crippen molar-refractivity contribution in [3.8, 4) is 11.5 Å².